The van der Waals surface area contributed by atoms with E-state index in [2.05, 4.69) is 17.2 Å². The monoisotopic (exact) mass is 230 g/mol. The van der Waals surface area contributed by atoms with Crippen molar-refractivity contribution in [1.82, 2.24) is 10.6 Å². The van der Waals surface area contributed by atoms with Crippen LogP contribution in [-0.2, 0) is 9.53 Å². The Kier molecular flexibility index (Phi) is 7.87. The highest BCUT2D eigenvalue weighted by Gasteiger charge is 2.12. The average Bonchev–Trinajstić information content (AvgIpc) is 2.23. The van der Waals surface area contributed by atoms with Gasteiger partial charge in [0.2, 0.25) is 0 Å². The first-order chi connectivity index (χ1) is 7.57. The number of ether oxygens (including phenoxy) is 1. The standard InChI is InChI=1S/C10H18N2O4/c1-3-4-6-16-7-5-11-10(15)12-8(2)9(13)14/h3,8H,1,4-7H2,2H3,(H,13,14)(H2,11,12,15)/t8-/m0/s1. The third-order valence-electron chi connectivity index (χ3n) is 1.72. The van der Waals surface area contributed by atoms with Gasteiger partial charge in [0.15, 0.2) is 0 Å². The molecule has 16 heavy (non-hydrogen) atoms. The Labute approximate surface area is 94.7 Å². The molecule has 0 spiro atoms. The van der Waals surface area contributed by atoms with E-state index in [0.29, 0.717) is 19.8 Å². The molecule has 0 rings (SSSR count). The van der Waals surface area contributed by atoms with Crippen molar-refractivity contribution in [2.45, 2.75) is 19.4 Å². The Morgan fingerprint density at radius 2 is 2.19 bits per heavy atom. The molecule has 2 amide bonds. The zero-order valence-corrected chi connectivity index (χ0v) is 9.36. The van der Waals surface area contributed by atoms with Gasteiger partial charge in [-0.2, -0.15) is 0 Å². The molecule has 0 aromatic rings. The smallest absolute Gasteiger partial charge is 0.325 e. The summed E-state index contributed by atoms with van der Waals surface area (Å²) in [6.45, 7) is 6.23. The van der Waals surface area contributed by atoms with Crippen molar-refractivity contribution in [2.24, 2.45) is 0 Å². The molecule has 0 heterocycles. The normalized spacial score (nSPS) is 11.6. The van der Waals surface area contributed by atoms with E-state index in [1.54, 1.807) is 6.08 Å². The highest BCUT2D eigenvalue weighted by molar-refractivity contribution is 5.82. The number of carboxylic acids is 1. The van der Waals surface area contributed by atoms with Crippen LogP contribution in [0.25, 0.3) is 0 Å². The van der Waals surface area contributed by atoms with Crippen LogP contribution in [0.5, 0.6) is 0 Å². The van der Waals surface area contributed by atoms with Crippen LogP contribution in [0.3, 0.4) is 0 Å². The maximum absolute atomic E-state index is 11.1. The van der Waals surface area contributed by atoms with Gasteiger partial charge in [0.05, 0.1) is 13.2 Å². The van der Waals surface area contributed by atoms with Crippen LogP contribution in [0.15, 0.2) is 12.7 Å². The fourth-order valence-corrected chi connectivity index (χ4v) is 0.815. The molecule has 0 aliphatic rings. The van der Waals surface area contributed by atoms with E-state index in [-0.39, 0.29) is 0 Å². The topological polar surface area (TPSA) is 87.7 Å². The summed E-state index contributed by atoms with van der Waals surface area (Å²) in [5.74, 6) is -1.07. The van der Waals surface area contributed by atoms with E-state index in [0.717, 1.165) is 6.42 Å². The van der Waals surface area contributed by atoms with Crippen molar-refractivity contribution < 1.29 is 19.4 Å². The van der Waals surface area contributed by atoms with Gasteiger partial charge in [0.1, 0.15) is 6.04 Å². The van der Waals surface area contributed by atoms with Crippen LogP contribution < -0.4 is 10.6 Å². The minimum atomic E-state index is -1.07. The zero-order valence-electron chi connectivity index (χ0n) is 9.36. The van der Waals surface area contributed by atoms with E-state index in [4.69, 9.17) is 9.84 Å². The molecule has 0 aliphatic heterocycles. The van der Waals surface area contributed by atoms with Crippen molar-refractivity contribution in [3.8, 4) is 0 Å². The first kappa shape index (κ1) is 14.4. The fourth-order valence-electron chi connectivity index (χ4n) is 0.815. The molecule has 1 atom stereocenters. The van der Waals surface area contributed by atoms with Gasteiger partial charge in [0, 0.05) is 6.54 Å². The Bertz CT molecular complexity index is 243. The van der Waals surface area contributed by atoms with Crippen LogP contribution in [0, 0.1) is 0 Å². The lowest BCUT2D eigenvalue weighted by atomic mass is 10.3. The lowest BCUT2D eigenvalue weighted by Crippen LogP contribution is -2.45. The number of amides is 2. The molecular formula is C10H18N2O4. The summed E-state index contributed by atoms with van der Waals surface area (Å²) in [6.07, 6.45) is 2.51. The van der Waals surface area contributed by atoms with Crippen LogP contribution >= 0.6 is 0 Å². The van der Waals surface area contributed by atoms with Gasteiger partial charge in [-0.05, 0) is 13.3 Å². The van der Waals surface area contributed by atoms with Gasteiger partial charge in [-0.15, -0.1) is 6.58 Å². The van der Waals surface area contributed by atoms with Crippen molar-refractivity contribution >= 4 is 12.0 Å². The molecule has 0 bridgehead atoms. The maximum Gasteiger partial charge on any atom is 0.325 e. The second kappa shape index (κ2) is 8.72. The van der Waals surface area contributed by atoms with E-state index in [1.165, 1.54) is 6.92 Å². The van der Waals surface area contributed by atoms with Gasteiger partial charge < -0.3 is 20.5 Å². The second-order valence-electron chi connectivity index (χ2n) is 3.15. The van der Waals surface area contributed by atoms with Gasteiger partial charge in [-0.25, -0.2) is 4.79 Å². The Balaban J connectivity index is 3.44. The molecule has 0 unspecified atom stereocenters. The number of aliphatic carboxylic acids is 1. The second-order valence-corrected chi connectivity index (χ2v) is 3.15. The molecule has 6 heteroatoms. The minimum Gasteiger partial charge on any atom is -0.480 e. The summed E-state index contributed by atoms with van der Waals surface area (Å²) in [7, 11) is 0. The van der Waals surface area contributed by atoms with Gasteiger partial charge in [-0.3, -0.25) is 4.79 Å². The number of nitrogens with one attached hydrogen (secondary N) is 2. The van der Waals surface area contributed by atoms with Crippen molar-refractivity contribution in [1.29, 1.82) is 0 Å². The van der Waals surface area contributed by atoms with Crippen LogP contribution in [0.1, 0.15) is 13.3 Å². The third kappa shape index (κ3) is 7.81. The molecular weight excluding hydrogens is 212 g/mol. The highest BCUT2D eigenvalue weighted by Crippen LogP contribution is 1.83. The SMILES string of the molecule is C=CCCOCCNC(=O)N[C@@H](C)C(=O)O. The third-order valence-corrected chi connectivity index (χ3v) is 1.72. The van der Waals surface area contributed by atoms with E-state index >= 15 is 0 Å². The van der Waals surface area contributed by atoms with Crippen molar-refractivity contribution in [2.75, 3.05) is 19.8 Å². The zero-order chi connectivity index (χ0) is 12.4. The Morgan fingerprint density at radius 1 is 1.50 bits per heavy atom. The summed E-state index contributed by atoms with van der Waals surface area (Å²) in [5.41, 5.74) is 0. The lowest BCUT2D eigenvalue weighted by molar-refractivity contribution is -0.138. The number of carbonyl (C=O) groups excluding carboxylic acids is 1. The summed E-state index contributed by atoms with van der Waals surface area (Å²) in [4.78, 5) is 21.5. The molecule has 0 aromatic heterocycles. The molecule has 0 saturated heterocycles. The van der Waals surface area contributed by atoms with Crippen LogP contribution in [-0.4, -0.2) is 42.9 Å². The highest BCUT2D eigenvalue weighted by atomic mass is 16.5. The van der Waals surface area contributed by atoms with E-state index < -0.39 is 18.0 Å². The quantitative estimate of drug-likeness (QED) is 0.415. The molecule has 3 N–H and O–H groups in total. The first-order valence-corrected chi connectivity index (χ1v) is 5.03. The first-order valence-electron chi connectivity index (χ1n) is 5.03. The summed E-state index contributed by atoms with van der Waals surface area (Å²) >= 11 is 0. The molecule has 0 fully saturated rings. The molecule has 92 valence electrons. The van der Waals surface area contributed by atoms with Gasteiger partial charge in [-0.1, -0.05) is 6.08 Å². The van der Waals surface area contributed by atoms with Gasteiger partial charge >= 0.3 is 12.0 Å². The number of hydrogen-bond donors (Lipinski definition) is 3. The van der Waals surface area contributed by atoms with E-state index in [9.17, 15) is 9.59 Å². The van der Waals surface area contributed by atoms with Gasteiger partial charge in [0.25, 0.3) is 0 Å². The average molecular weight is 230 g/mol. The molecule has 0 radical (unpaired) electrons. The van der Waals surface area contributed by atoms with Crippen molar-refractivity contribution in [3.05, 3.63) is 12.7 Å². The Hall–Kier alpha value is -1.56. The number of hydrogen-bond acceptors (Lipinski definition) is 3. The molecule has 6 nitrogen and oxygen atoms in total. The number of urea groups is 1. The van der Waals surface area contributed by atoms with E-state index in [1.807, 2.05) is 0 Å². The predicted octanol–water partition coefficient (Wildman–Crippen LogP) is 0.351. The van der Waals surface area contributed by atoms with Crippen molar-refractivity contribution in [3.63, 3.8) is 0 Å². The molecule has 0 aromatic carbocycles. The maximum atomic E-state index is 11.1. The largest absolute Gasteiger partial charge is 0.480 e. The fraction of sp³-hybridized carbons (Fsp3) is 0.600. The number of rotatable bonds is 8. The molecule has 0 saturated carbocycles. The van der Waals surface area contributed by atoms with Crippen LogP contribution in [0.4, 0.5) is 4.79 Å². The van der Waals surface area contributed by atoms with Crippen LogP contribution in [0.2, 0.25) is 0 Å². The summed E-state index contributed by atoms with van der Waals surface area (Å²) in [5, 5.41) is 13.3. The Morgan fingerprint density at radius 3 is 2.75 bits per heavy atom. The predicted molar refractivity (Wildman–Crippen MR) is 59.3 cm³/mol. The minimum absolute atomic E-state index is 0.343. The number of carbonyl (C=O) groups is 2. The summed E-state index contributed by atoms with van der Waals surface area (Å²) in [6, 6.07) is -1.41. The number of carboxylic acid groups (broad SMARTS) is 1. The molecule has 0 aliphatic carbocycles. The lowest BCUT2D eigenvalue weighted by Gasteiger charge is -2.10. The summed E-state index contributed by atoms with van der Waals surface area (Å²) < 4.78 is 5.15.